The van der Waals surface area contributed by atoms with E-state index in [0.29, 0.717) is 19.4 Å². The van der Waals surface area contributed by atoms with Crippen LogP contribution in [0.4, 0.5) is 13.2 Å². The second kappa shape index (κ2) is 6.92. The zero-order valence-corrected chi connectivity index (χ0v) is 13.1. The fourth-order valence-corrected chi connectivity index (χ4v) is 2.38. The van der Waals surface area contributed by atoms with Gasteiger partial charge in [0.05, 0.1) is 16.6 Å². The Bertz CT molecular complexity index is 838. The molecule has 1 amide bonds. The van der Waals surface area contributed by atoms with E-state index >= 15 is 0 Å². The number of halogens is 3. The quantitative estimate of drug-likeness (QED) is 0.695. The minimum absolute atomic E-state index is 0.0942. The summed E-state index contributed by atoms with van der Waals surface area (Å²) in [5.41, 5.74) is 0.917. The van der Waals surface area contributed by atoms with Gasteiger partial charge in [0, 0.05) is 19.2 Å². The largest absolute Gasteiger partial charge is 0.433 e. The Morgan fingerprint density at radius 2 is 1.96 bits per heavy atom. The summed E-state index contributed by atoms with van der Waals surface area (Å²) in [6.45, 7) is 0.386. The Kier molecular flexibility index (Phi) is 4.69. The van der Waals surface area contributed by atoms with E-state index < -0.39 is 17.8 Å². The maximum atomic E-state index is 12.4. The normalized spacial score (nSPS) is 11.6. The molecule has 2 N–H and O–H groups in total. The number of rotatable bonds is 5. The first kappa shape index (κ1) is 16.9. The molecule has 0 aliphatic heterocycles. The number of aromatic amines is 1. The first-order chi connectivity index (χ1) is 11.9. The van der Waals surface area contributed by atoms with Gasteiger partial charge in [0.2, 0.25) is 0 Å². The van der Waals surface area contributed by atoms with Crippen molar-refractivity contribution in [3.63, 3.8) is 0 Å². The molecule has 1 aromatic carbocycles. The number of H-pyrrole nitrogens is 1. The number of nitrogens with zero attached hydrogens (tertiary/aromatic N) is 2. The Morgan fingerprint density at radius 1 is 1.16 bits per heavy atom. The lowest BCUT2D eigenvalue weighted by atomic mass is 10.2. The number of hydrogen-bond donors (Lipinski definition) is 2. The summed E-state index contributed by atoms with van der Waals surface area (Å²) in [5.74, 6) is 0.373. The predicted molar refractivity (Wildman–Crippen MR) is 86.0 cm³/mol. The van der Waals surface area contributed by atoms with Gasteiger partial charge in [0.1, 0.15) is 11.5 Å². The van der Waals surface area contributed by atoms with E-state index in [4.69, 9.17) is 0 Å². The number of pyridine rings is 1. The monoisotopic (exact) mass is 348 g/mol. The minimum atomic E-state index is -4.51. The second-order valence-electron chi connectivity index (χ2n) is 5.49. The number of imidazole rings is 1. The lowest BCUT2D eigenvalue weighted by molar-refractivity contribution is -0.141. The van der Waals surface area contributed by atoms with Gasteiger partial charge in [0.25, 0.3) is 5.91 Å². The summed E-state index contributed by atoms with van der Waals surface area (Å²) in [5, 5.41) is 2.66. The summed E-state index contributed by atoms with van der Waals surface area (Å²) >= 11 is 0. The SMILES string of the molecule is O=C(NCCCc1nc2ccccc2[nH]1)c1ccc(C(F)(F)F)nc1. The van der Waals surface area contributed by atoms with Crippen LogP contribution in [0.15, 0.2) is 42.6 Å². The molecule has 0 atom stereocenters. The number of benzene rings is 1. The summed E-state index contributed by atoms with van der Waals surface area (Å²) < 4.78 is 37.3. The standard InChI is InChI=1S/C17H15F3N4O/c18-17(19,20)14-8-7-11(10-22-14)16(25)21-9-3-6-15-23-12-4-1-2-5-13(12)24-15/h1-2,4-5,7-8,10H,3,6,9H2,(H,21,25)(H,23,24). The number of fused-ring (bicyclic) bond motifs is 1. The highest BCUT2D eigenvalue weighted by molar-refractivity contribution is 5.93. The van der Waals surface area contributed by atoms with Crippen LogP contribution in [-0.4, -0.2) is 27.4 Å². The molecule has 25 heavy (non-hydrogen) atoms. The third-order valence-electron chi connectivity index (χ3n) is 3.63. The zero-order valence-electron chi connectivity index (χ0n) is 13.1. The van der Waals surface area contributed by atoms with Crippen molar-refractivity contribution in [3.05, 3.63) is 59.7 Å². The third-order valence-corrected chi connectivity index (χ3v) is 3.63. The van der Waals surface area contributed by atoms with Crippen LogP contribution >= 0.6 is 0 Å². The molecule has 0 bridgehead atoms. The molecule has 0 aliphatic carbocycles. The number of aromatic nitrogens is 3. The second-order valence-corrected chi connectivity index (χ2v) is 5.49. The molecule has 2 heterocycles. The van der Waals surface area contributed by atoms with Crippen molar-refractivity contribution in [2.45, 2.75) is 19.0 Å². The zero-order chi connectivity index (χ0) is 17.9. The predicted octanol–water partition coefficient (Wildman–Crippen LogP) is 3.34. The lowest BCUT2D eigenvalue weighted by Gasteiger charge is -2.07. The Morgan fingerprint density at radius 3 is 2.64 bits per heavy atom. The Labute approximate surface area is 141 Å². The van der Waals surface area contributed by atoms with E-state index in [2.05, 4.69) is 20.3 Å². The van der Waals surface area contributed by atoms with Crippen molar-refractivity contribution in [2.24, 2.45) is 0 Å². The van der Waals surface area contributed by atoms with Crippen LogP contribution in [0.5, 0.6) is 0 Å². The molecule has 0 radical (unpaired) electrons. The molecule has 0 saturated carbocycles. The van der Waals surface area contributed by atoms with E-state index in [-0.39, 0.29) is 5.56 Å². The van der Waals surface area contributed by atoms with Crippen molar-refractivity contribution in [2.75, 3.05) is 6.54 Å². The summed E-state index contributed by atoms with van der Waals surface area (Å²) in [6.07, 6.45) is -2.28. The molecule has 5 nitrogen and oxygen atoms in total. The van der Waals surface area contributed by atoms with Crippen molar-refractivity contribution >= 4 is 16.9 Å². The molecule has 8 heteroatoms. The number of aryl methyl sites for hydroxylation is 1. The van der Waals surface area contributed by atoms with Gasteiger partial charge in [-0.1, -0.05) is 12.1 Å². The van der Waals surface area contributed by atoms with E-state index in [1.807, 2.05) is 24.3 Å². The molecule has 0 saturated heterocycles. The molecule has 0 fully saturated rings. The first-order valence-corrected chi connectivity index (χ1v) is 7.68. The average Bonchev–Trinajstić information content (AvgIpc) is 3.00. The molecule has 130 valence electrons. The van der Waals surface area contributed by atoms with Crippen molar-refractivity contribution < 1.29 is 18.0 Å². The molecule has 3 rings (SSSR count). The van der Waals surface area contributed by atoms with Crippen molar-refractivity contribution in [1.29, 1.82) is 0 Å². The number of carbonyl (C=O) groups excluding carboxylic acids is 1. The van der Waals surface area contributed by atoms with Gasteiger partial charge in [0.15, 0.2) is 0 Å². The maximum Gasteiger partial charge on any atom is 0.433 e. The van der Waals surface area contributed by atoms with Gasteiger partial charge >= 0.3 is 6.18 Å². The molecular weight excluding hydrogens is 333 g/mol. The van der Waals surface area contributed by atoms with Crippen LogP contribution in [-0.2, 0) is 12.6 Å². The Balaban J connectivity index is 1.49. The summed E-state index contributed by atoms with van der Waals surface area (Å²) in [4.78, 5) is 22.8. The lowest BCUT2D eigenvalue weighted by Crippen LogP contribution is -2.25. The summed E-state index contributed by atoms with van der Waals surface area (Å²) in [7, 11) is 0. The number of nitrogens with one attached hydrogen (secondary N) is 2. The molecule has 0 aliphatic rings. The number of hydrogen-bond acceptors (Lipinski definition) is 3. The Hall–Kier alpha value is -2.90. The molecule has 3 aromatic rings. The van der Waals surface area contributed by atoms with Gasteiger partial charge in [-0.2, -0.15) is 13.2 Å². The highest BCUT2D eigenvalue weighted by Gasteiger charge is 2.32. The van der Waals surface area contributed by atoms with Crippen LogP contribution in [0.2, 0.25) is 0 Å². The highest BCUT2D eigenvalue weighted by Crippen LogP contribution is 2.27. The van der Waals surface area contributed by atoms with Gasteiger partial charge in [-0.05, 0) is 30.7 Å². The number of alkyl halides is 3. The fraction of sp³-hybridized carbons (Fsp3) is 0.235. The number of carbonyl (C=O) groups is 1. The van der Waals surface area contributed by atoms with Crippen LogP contribution in [0, 0.1) is 0 Å². The van der Waals surface area contributed by atoms with Crippen LogP contribution in [0.3, 0.4) is 0 Å². The average molecular weight is 348 g/mol. The third kappa shape index (κ3) is 4.14. The topological polar surface area (TPSA) is 70.7 Å². The van der Waals surface area contributed by atoms with Crippen molar-refractivity contribution in [3.8, 4) is 0 Å². The van der Waals surface area contributed by atoms with Crippen LogP contribution in [0.1, 0.15) is 28.3 Å². The van der Waals surface area contributed by atoms with Gasteiger partial charge in [-0.15, -0.1) is 0 Å². The fourth-order valence-electron chi connectivity index (χ4n) is 2.38. The van der Waals surface area contributed by atoms with E-state index in [1.54, 1.807) is 0 Å². The number of amides is 1. The minimum Gasteiger partial charge on any atom is -0.352 e. The van der Waals surface area contributed by atoms with E-state index in [0.717, 1.165) is 35.2 Å². The first-order valence-electron chi connectivity index (χ1n) is 7.68. The molecule has 0 spiro atoms. The van der Waals surface area contributed by atoms with Gasteiger partial charge in [-0.25, -0.2) is 4.98 Å². The highest BCUT2D eigenvalue weighted by atomic mass is 19.4. The van der Waals surface area contributed by atoms with Crippen LogP contribution < -0.4 is 5.32 Å². The molecule has 0 unspecified atom stereocenters. The smallest absolute Gasteiger partial charge is 0.352 e. The van der Waals surface area contributed by atoms with Gasteiger partial charge < -0.3 is 10.3 Å². The molecular formula is C17H15F3N4O. The maximum absolute atomic E-state index is 12.4. The van der Waals surface area contributed by atoms with E-state index in [9.17, 15) is 18.0 Å². The number of para-hydroxylation sites is 2. The van der Waals surface area contributed by atoms with E-state index in [1.165, 1.54) is 0 Å². The van der Waals surface area contributed by atoms with Crippen LogP contribution in [0.25, 0.3) is 11.0 Å². The van der Waals surface area contributed by atoms with Gasteiger partial charge in [-0.3, -0.25) is 9.78 Å². The molecule has 2 aromatic heterocycles. The summed E-state index contributed by atoms with van der Waals surface area (Å²) in [6, 6.07) is 9.58. The van der Waals surface area contributed by atoms with Crippen molar-refractivity contribution in [1.82, 2.24) is 20.3 Å².